The van der Waals surface area contributed by atoms with Gasteiger partial charge >= 0.3 is 0 Å². The van der Waals surface area contributed by atoms with E-state index in [1.807, 2.05) is 0 Å². The van der Waals surface area contributed by atoms with Gasteiger partial charge in [-0.05, 0) is 58.2 Å². The highest BCUT2D eigenvalue weighted by atomic mass is 16.2. The van der Waals surface area contributed by atoms with Gasteiger partial charge in [0.25, 0.3) is 0 Å². The molecule has 2 rings (SSSR count). The van der Waals surface area contributed by atoms with Gasteiger partial charge in [-0.15, -0.1) is 0 Å². The van der Waals surface area contributed by atoms with Crippen molar-refractivity contribution in [1.82, 2.24) is 15.1 Å². The van der Waals surface area contributed by atoms with Crippen LogP contribution in [0.15, 0.2) is 0 Å². The number of hydrogen-bond acceptors (Lipinski definition) is 3. The minimum Gasteiger partial charge on any atom is -0.354 e. The van der Waals surface area contributed by atoms with Crippen LogP contribution >= 0.6 is 0 Å². The highest BCUT2D eigenvalue weighted by Gasteiger charge is 2.30. The Morgan fingerprint density at radius 3 is 2.36 bits per heavy atom. The van der Waals surface area contributed by atoms with Crippen LogP contribution in [0, 0.1) is 5.92 Å². The number of carbonyl (C=O) groups excluding carboxylic acids is 1. The fourth-order valence-electron chi connectivity index (χ4n) is 3.71. The van der Waals surface area contributed by atoms with Crippen molar-refractivity contribution in [1.29, 1.82) is 0 Å². The highest BCUT2D eigenvalue weighted by molar-refractivity contribution is 5.81. The lowest BCUT2D eigenvalue weighted by atomic mass is 10.0. The maximum Gasteiger partial charge on any atom is 0.237 e. The fraction of sp³-hybridized carbons (Fsp3) is 0.944. The number of amides is 1. The Kier molecular flexibility index (Phi) is 7.16. The van der Waals surface area contributed by atoms with E-state index in [4.69, 9.17) is 0 Å². The smallest absolute Gasteiger partial charge is 0.237 e. The van der Waals surface area contributed by atoms with E-state index >= 15 is 0 Å². The number of nitrogens with one attached hydrogen (secondary N) is 1. The van der Waals surface area contributed by atoms with Gasteiger partial charge in [-0.25, -0.2) is 0 Å². The Balaban J connectivity index is 1.84. The molecular formula is C18H35N3O. The first-order chi connectivity index (χ1) is 10.6. The van der Waals surface area contributed by atoms with Crippen LogP contribution in [-0.2, 0) is 4.79 Å². The van der Waals surface area contributed by atoms with Gasteiger partial charge in [0, 0.05) is 19.1 Å². The number of piperidine rings is 1. The van der Waals surface area contributed by atoms with Crippen LogP contribution in [0.25, 0.3) is 0 Å². The molecule has 2 saturated heterocycles. The average Bonchev–Trinajstić information content (AvgIpc) is 2.81. The minimum atomic E-state index is 0.00790. The molecule has 128 valence electrons. The Bertz CT molecular complexity index is 337. The molecule has 0 aromatic carbocycles. The molecule has 2 aliphatic heterocycles. The second-order valence-electron chi connectivity index (χ2n) is 7.56. The van der Waals surface area contributed by atoms with Crippen molar-refractivity contribution in [2.75, 3.05) is 32.7 Å². The molecule has 0 unspecified atom stereocenters. The Morgan fingerprint density at radius 2 is 1.73 bits per heavy atom. The molecule has 2 heterocycles. The van der Waals surface area contributed by atoms with Crippen molar-refractivity contribution < 1.29 is 4.79 Å². The number of likely N-dealkylation sites (tertiary alicyclic amines) is 2. The molecule has 0 radical (unpaired) electrons. The lowest BCUT2D eigenvalue weighted by Crippen LogP contribution is -2.54. The second kappa shape index (κ2) is 8.88. The number of carbonyl (C=O) groups is 1. The molecule has 2 aliphatic rings. The summed E-state index contributed by atoms with van der Waals surface area (Å²) in [7, 11) is 0. The lowest BCUT2D eigenvalue weighted by molar-refractivity contribution is -0.126. The second-order valence-corrected chi connectivity index (χ2v) is 7.56. The molecule has 2 atom stereocenters. The zero-order valence-corrected chi connectivity index (χ0v) is 14.8. The average molecular weight is 309 g/mol. The summed E-state index contributed by atoms with van der Waals surface area (Å²) in [5.41, 5.74) is 0. The van der Waals surface area contributed by atoms with E-state index in [-0.39, 0.29) is 11.9 Å². The predicted octanol–water partition coefficient (Wildman–Crippen LogP) is 2.49. The zero-order chi connectivity index (χ0) is 15.9. The lowest BCUT2D eigenvalue weighted by Gasteiger charge is -2.41. The van der Waals surface area contributed by atoms with E-state index in [9.17, 15) is 4.79 Å². The standard InChI is InChI=1S/C18H35N3O/c1-15(2)13-19-18(22)16(3)21-12-8-9-17(14-21)20-10-6-4-5-7-11-20/h15-17H,4-14H2,1-3H3,(H,19,22)/t16-,17-/m0/s1. The summed E-state index contributed by atoms with van der Waals surface area (Å²) in [6.45, 7) is 11.8. The minimum absolute atomic E-state index is 0.00790. The molecule has 0 spiro atoms. The third kappa shape index (κ3) is 5.24. The van der Waals surface area contributed by atoms with Gasteiger partial charge in [-0.3, -0.25) is 14.6 Å². The number of rotatable bonds is 5. The molecule has 1 N–H and O–H groups in total. The molecule has 4 heteroatoms. The van der Waals surface area contributed by atoms with Gasteiger partial charge in [0.05, 0.1) is 6.04 Å². The first-order valence-corrected chi connectivity index (χ1v) is 9.33. The molecule has 0 aromatic rings. The summed E-state index contributed by atoms with van der Waals surface area (Å²) in [5, 5.41) is 3.09. The summed E-state index contributed by atoms with van der Waals surface area (Å²) in [6.07, 6.45) is 8.00. The SMILES string of the molecule is CC(C)CNC(=O)[C@H](C)N1CCC[C@H](N2CCCCCC2)C1. The van der Waals surface area contributed by atoms with Gasteiger partial charge in [0.2, 0.25) is 5.91 Å². The van der Waals surface area contributed by atoms with Crippen LogP contribution in [0.4, 0.5) is 0 Å². The van der Waals surface area contributed by atoms with Crippen LogP contribution in [0.5, 0.6) is 0 Å². The maximum absolute atomic E-state index is 12.3. The topological polar surface area (TPSA) is 35.6 Å². The maximum atomic E-state index is 12.3. The largest absolute Gasteiger partial charge is 0.354 e. The summed E-state index contributed by atoms with van der Waals surface area (Å²) < 4.78 is 0. The monoisotopic (exact) mass is 309 g/mol. The van der Waals surface area contributed by atoms with Gasteiger partial charge < -0.3 is 5.32 Å². The predicted molar refractivity (Wildman–Crippen MR) is 91.9 cm³/mol. The van der Waals surface area contributed by atoms with Crippen LogP contribution in [0.3, 0.4) is 0 Å². The first-order valence-electron chi connectivity index (χ1n) is 9.33. The Morgan fingerprint density at radius 1 is 1.05 bits per heavy atom. The number of nitrogens with zero attached hydrogens (tertiary/aromatic N) is 2. The van der Waals surface area contributed by atoms with Crippen molar-refractivity contribution in [3.8, 4) is 0 Å². The van der Waals surface area contributed by atoms with E-state index in [1.54, 1.807) is 0 Å². The third-order valence-corrected chi connectivity index (χ3v) is 5.20. The molecule has 22 heavy (non-hydrogen) atoms. The summed E-state index contributed by atoms with van der Waals surface area (Å²) in [6, 6.07) is 0.667. The van der Waals surface area contributed by atoms with Crippen LogP contribution < -0.4 is 5.32 Å². The molecule has 0 bridgehead atoms. The van der Waals surface area contributed by atoms with Crippen LogP contribution in [-0.4, -0.2) is 60.5 Å². The van der Waals surface area contributed by atoms with Crippen molar-refractivity contribution in [2.24, 2.45) is 5.92 Å². The van der Waals surface area contributed by atoms with Crippen molar-refractivity contribution >= 4 is 5.91 Å². The normalized spacial score (nSPS) is 26.6. The van der Waals surface area contributed by atoms with E-state index in [0.29, 0.717) is 12.0 Å². The van der Waals surface area contributed by atoms with E-state index in [2.05, 4.69) is 35.9 Å². The Labute approximate surface area is 136 Å². The summed E-state index contributed by atoms with van der Waals surface area (Å²) >= 11 is 0. The van der Waals surface area contributed by atoms with Gasteiger partial charge in [0.1, 0.15) is 0 Å². The Hall–Kier alpha value is -0.610. The van der Waals surface area contributed by atoms with Crippen molar-refractivity contribution in [2.45, 2.75) is 71.4 Å². The molecule has 0 aromatic heterocycles. The van der Waals surface area contributed by atoms with E-state index in [1.165, 1.54) is 51.6 Å². The van der Waals surface area contributed by atoms with Crippen LogP contribution in [0.2, 0.25) is 0 Å². The molecule has 1 amide bonds. The zero-order valence-electron chi connectivity index (χ0n) is 14.8. The summed E-state index contributed by atoms with van der Waals surface area (Å²) in [5.74, 6) is 0.715. The fourth-order valence-corrected chi connectivity index (χ4v) is 3.71. The molecule has 0 saturated carbocycles. The molecular weight excluding hydrogens is 274 g/mol. The molecule has 2 fully saturated rings. The van der Waals surface area contributed by atoms with Gasteiger partial charge in [-0.1, -0.05) is 26.7 Å². The van der Waals surface area contributed by atoms with Gasteiger partial charge in [0.15, 0.2) is 0 Å². The quantitative estimate of drug-likeness (QED) is 0.847. The third-order valence-electron chi connectivity index (χ3n) is 5.20. The summed E-state index contributed by atoms with van der Waals surface area (Å²) in [4.78, 5) is 17.4. The highest BCUT2D eigenvalue weighted by Crippen LogP contribution is 2.21. The van der Waals surface area contributed by atoms with E-state index < -0.39 is 0 Å². The molecule has 0 aliphatic carbocycles. The van der Waals surface area contributed by atoms with Crippen molar-refractivity contribution in [3.63, 3.8) is 0 Å². The molecule has 4 nitrogen and oxygen atoms in total. The van der Waals surface area contributed by atoms with Crippen molar-refractivity contribution in [3.05, 3.63) is 0 Å². The number of hydrogen-bond donors (Lipinski definition) is 1. The van der Waals surface area contributed by atoms with E-state index in [0.717, 1.165) is 19.6 Å². The van der Waals surface area contributed by atoms with Crippen LogP contribution in [0.1, 0.15) is 59.3 Å². The van der Waals surface area contributed by atoms with Gasteiger partial charge in [-0.2, -0.15) is 0 Å². The first kappa shape index (κ1) is 17.7.